The minimum atomic E-state index is 0.749. The maximum absolute atomic E-state index is 10.1. The lowest BCUT2D eigenvalue weighted by molar-refractivity contribution is -0.107. The van der Waals surface area contributed by atoms with Gasteiger partial charge in [0.15, 0.2) is 0 Å². The van der Waals surface area contributed by atoms with E-state index in [-0.39, 0.29) is 0 Å². The zero-order valence-electron chi connectivity index (χ0n) is 11.4. The van der Waals surface area contributed by atoms with Gasteiger partial charge in [-0.05, 0) is 26.2 Å². The molecule has 0 aromatic heterocycles. The van der Waals surface area contributed by atoms with Gasteiger partial charge in [-0.25, -0.2) is 0 Å². The summed E-state index contributed by atoms with van der Waals surface area (Å²) in [6.07, 6.45) is 21.9. The summed E-state index contributed by atoms with van der Waals surface area (Å²) in [6, 6.07) is 0. The molecule has 98 valence electrons. The Labute approximate surface area is 107 Å². The van der Waals surface area contributed by atoms with Crippen LogP contribution < -0.4 is 0 Å². The summed E-state index contributed by atoms with van der Waals surface area (Å²) in [7, 11) is 0. The topological polar surface area (TPSA) is 17.1 Å². The average molecular weight is 236 g/mol. The van der Waals surface area contributed by atoms with Gasteiger partial charge in [0.25, 0.3) is 0 Å². The minimum Gasteiger partial charge on any atom is -0.303 e. The first-order valence-electron chi connectivity index (χ1n) is 7.13. The van der Waals surface area contributed by atoms with Crippen molar-refractivity contribution in [2.24, 2.45) is 0 Å². The Kier molecular flexibility index (Phi) is 14.4. The molecule has 0 aliphatic heterocycles. The molecule has 0 aliphatic rings. The molecular formula is C16H28O. The van der Waals surface area contributed by atoms with Gasteiger partial charge in [0, 0.05) is 6.42 Å². The van der Waals surface area contributed by atoms with Crippen molar-refractivity contribution in [3.05, 3.63) is 24.3 Å². The predicted octanol–water partition coefficient (Wildman–Crippen LogP) is 5.22. The molecule has 1 heteroatoms. The summed E-state index contributed by atoms with van der Waals surface area (Å²) in [4.78, 5) is 10.1. The fraction of sp³-hybridized carbons (Fsp3) is 0.688. The largest absolute Gasteiger partial charge is 0.303 e. The van der Waals surface area contributed by atoms with Crippen LogP contribution in [0.25, 0.3) is 0 Å². The van der Waals surface area contributed by atoms with Crippen molar-refractivity contribution in [1.82, 2.24) is 0 Å². The standard InChI is InChI=1S/C16H28O/c1-2-3-4-5-6-7-8-9-10-11-12-13-14-15-16-17/h2-5,16H,6-15H2,1H3. The van der Waals surface area contributed by atoms with Crippen molar-refractivity contribution in [3.63, 3.8) is 0 Å². The number of unbranched alkanes of at least 4 members (excludes halogenated alkanes) is 9. The van der Waals surface area contributed by atoms with Crippen LogP contribution >= 0.6 is 0 Å². The monoisotopic (exact) mass is 236 g/mol. The van der Waals surface area contributed by atoms with Gasteiger partial charge in [-0.2, -0.15) is 0 Å². The van der Waals surface area contributed by atoms with Crippen LogP contribution in [-0.4, -0.2) is 6.29 Å². The molecule has 0 radical (unpaired) electrons. The molecule has 0 aromatic carbocycles. The van der Waals surface area contributed by atoms with Crippen molar-refractivity contribution < 1.29 is 4.79 Å². The zero-order chi connectivity index (χ0) is 12.6. The van der Waals surface area contributed by atoms with E-state index in [4.69, 9.17) is 0 Å². The Bertz CT molecular complexity index is 204. The SMILES string of the molecule is CC=CC=CCCCCCCCCCCC=O. The van der Waals surface area contributed by atoms with Crippen molar-refractivity contribution in [2.75, 3.05) is 0 Å². The van der Waals surface area contributed by atoms with E-state index in [0.29, 0.717) is 0 Å². The molecule has 0 unspecified atom stereocenters. The number of allylic oxidation sites excluding steroid dienone is 4. The molecule has 1 nitrogen and oxygen atoms in total. The van der Waals surface area contributed by atoms with Crippen LogP contribution in [0.5, 0.6) is 0 Å². The van der Waals surface area contributed by atoms with Crippen molar-refractivity contribution in [2.45, 2.75) is 71.1 Å². The van der Waals surface area contributed by atoms with Crippen LogP contribution in [0, 0.1) is 0 Å². The molecule has 17 heavy (non-hydrogen) atoms. The summed E-state index contributed by atoms with van der Waals surface area (Å²) in [5.74, 6) is 0. The second-order valence-electron chi connectivity index (χ2n) is 4.53. The molecule has 0 N–H and O–H groups in total. The third-order valence-electron chi connectivity index (χ3n) is 2.88. The zero-order valence-corrected chi connectivity index (χ0v) is 11.4. The fourth-order valence-electron chi connectivity index (χ4n) is 1.84. The number of hydrogen-bond donors (Lipinski definition) is 0. The maximum Gasteiger partial charge on any atom is 0.119 e. The van der Waals surface area contributed by atoms with E-state index in [1.807, 2.05) is 6.92 Å². The van der Waals surface area contributed by atoms with Gasteiger partial charge in [0.2, 0.25) is 0 Å². The van der Waals surface area contributed by atoms with Gasteiger partial charge in [-0.3, -0.25) is 0 Å². The molecule has 0 saturated carbocycles. The van der Waals surface area contributed by atoms with E-state index in [2.05, 4.69) is 24.3 Å². The number of carbonyl (C=O) groups excluding carboxylic acids is 1. The molecule has 0 atom stereocenters. The van der Waals surface area contributed by atoms with E-state index in [0.717, 1.165) is 19.1 Å². The van der Waals surface area contributed by atoms with Crippen LogP contribution in [0.2, 0.25) is 0 Å². The quantitative estimate of drug-likeness (QED) is 0.258. The Morgan fingerprint density at radius 1 is 0.706 bits per heavy atom. The molecule has 0 aliphatic carbocycles. The van der Waals surface area contributed by atoms with E-state index >= 15 is 0 Å². The molecule has 0 heterocycles. The van der Waals surface area contributed by atoms with E-state index < -0.39 is 0 Å². The van der Waals surface area contributed by atoms with Crippen molar-refractivity contribution in [1.29, 1.82) is 0 Å². The lowest BCUT2D eigenvalue weighted by Gasteiger charge is -2.00. The number of rotatable bonds is 12. The Morgan fingerprint density at radius 2 is 1.24 bits per heavy atom. The highest BCUT2D eigenvalue weighted by Gasteiger charge is 1.91. The van der Waals surface area contributed by atoms with Gasteiger partial charge < -0.3 is 4.79 Å². The highest BCUT2D eigenvalue weighted by molar-refractivity contribution is 5.48. The predicted molar refractivity (Wildman–Crippen MR) is 76.2 cm³/mol. The second kappa shape index (κ2) is 15.1. The molecular weight excluding hydrogens is 208 g/mol. The number of aldehydes is 1. The molecule has 0 spiro atoms. The normalized spacial score (nSPS) is 11.6. The fourth-order valence-corrected chi connectivity index (χ4v) is 1.84. The number of hydrogen-bond acceptors (Lipinski definition) is 1. The van der Waals surface area contributed by atoms with E-state index in [1.165, 1.54) is 51.4 Å². The molecule has 0 saturated heterocycles. The summed E-state index contributed by atoms with van der Waals surface area (Å²) in [5.41, 5.74) is 0. The van der Waals surface area contributed by atoms with Gasteiger partial charge in [0.1, 0.15) is 6.29 Å². The first-order chi connectivity index (χ1) is 8.41. The highest BCUT2D eigenvalue weighted by Crippen LogP contribution is 2.10. The smallest absolute Gasteiger partial charge is 0.119 e. The van der Waals surface area contributed by atoms with Crippen LogP contribution in [0.3, 0.4) is 0 Å². The van der Waals surface area contributed by atoms with Crippen LogP contribution in [-0.2, 0) is 4.79 Å². The first-order valence-corrected chi connectivity index (χ1v) is 7.13. The highest BCUT2D eigenvalue weighted by atomic mass is 16.1. The van der Waals surface area contributed by atoms with Gasteiger partial charge in [-0.15, -0.1) is 0 Å². The molecule has 0 bridgehead atoms. The summed E-state index contributed by atoms with van der Waals surface area (Å²) in [5, 5.41) is 0. The molecule has 0 rings (SSSR count). The minimum absolute atomic E-state index is 0.749. The molecule has 0 fully saturated rings. The summed E-state index contributed by atoms with van der Waals surface area (Å²) in [6.45, 7) is 2.04. The lowest BCUT2D eigenvalue weighted by Crippen LogP contribution is -1.82. The second-order valence-corrected chi connectivity index (χ2v) is 4.53. The van der Waals surface area contributed by atoms with Crippen LogP contribution in [0.4, 0.5) is 0 Å². The summed E-state index contributed by atoms with van der Waals surface area (Å²) >= 11 is 0. The van der Waals surface area contributed by atoms with Gasteiger partial charge >= 0.3 is 0 Å². The van der Waals surface area contributed by atoms with Gasteiger partial charge in [0.05, 0.1) is 0 Å². The molecule has 0 aromatic rings. The van der Waals surface area contributed by atoms with Gasteiger partial charge in [-0.1, -0.05) is 62.8 Å². The molecule has 0 amide bonds. The lowest BCUT2D eigenvalue weighted by atomic mass is 10.1. The Hall–Kier alpha value is -0.850. The number of carbonyl (C=O) groups is 1. The van der Waals surface area contributed by atoms with E-state index in [9.17, 15) is 4.79 Å². The average Bonchev–Trinajstić information content (AvgIpc) is 2.35. The summed E-state index contributed by atoms with van der Waals surface area (Å²) < 4.78 is 0. The van der Waals surface area contributed by atoms with Crippen molar-refractivity contribution >= 4 is 6.29 Å². The van der Waals surface area contributed by atoms with Crippen LogP contribution in [0.1, 0.15) is 71.1 Å². The van der Waals surface area contributed by atoms with Crippen LogP contribution in [0.15, 0.2) is 24.3 Å². The first kappa shape index (κ1) is 16.1. The maximum atomic E-state index is 10.1. The van der Waals surface area contributed by atoms with E-state index in [1.54, 1.807) is 0 Å². The Morgan fingerprint density at radius 3 is 1.76 bits per heavy atom. The third kappa shape index (κ3) is 15.1. The third-order valence-corrected chi connectivity index (χ3v) is 2.88. The van der Waals surface area contributed by atoms with Crippen molar-refractivity contribution in [3.8, 4) is 0 Å². The Balaban J connectivity index is 3.01.